The van der Waals surface area contributed by atoms with E-state index in [2.05, 4.69) is 5.32 Å². The van der Waals surface area contributed by atoms with Crippen LogP contribution in [0.3, 0.4) is 0 Å². The summed E-state index contributed by atoms with van der Waals surface area (Å²) in [5.41, 5.74) is 1.40. The van der Waals surface area contributed by atoms with Gasteiger partial charge in [0.25, 0.3) is 0 Å². The van der Waals surface area contributed by atoms with E-state index < -0.39 is 0 Å². The van der Waals surface area contributed by atoms with E-state index in [0.717, 1.165) is 5.69 Å². The molecule has 0 heterocycles. The fourth-order valence-corrected chi connectivity index (χ4v) is 1.86. The summed E-state index contributed by atoms with van der Waals surface area (Å²) >= 11 is 11.1. The molecule has 2 N–H and O–H groups in total. The molecule has 2 rings (SSSR count). The predicted octanol–water partition coefficient (Wildman–Crippen LogP) is 3.83. The highest BCUT2D eigenvalue weighted by Crippen LogP contribution is 2.23. The second kappa shape index (κ2) is 5.17. The summed E-state index contributed by atoms with van der Waals surface area (Å²) in [5, 5.41) is 13.3. The number of rotatable bonds is 2. The van der Waals surface area contributed by atoms with E-state index in [1.807, 2.05) is 30.3 Å². The molecule has 0 atom stereocenters. The van der Waals surface area contributed by atoms with Crippen LogP contribution in [-0.4, -0.2) is 10.1 Å². The SMILES string of the molecule is Oc1ccc(Cl)cc1C(=S)Nc1ccccc1. The number of halogens is 1. The number of hydrogen-bond acceptors (Lipinski definition) is 2. The van der Waals surface area contributed by atoms with Crippen LogP contribution in [0.2, 0.25) is 5.02 Å². The van der Waals surface area contributed by atoms with Crippen molar-refractivity contribution < 1.29 is 5.11 Å². The Labute approximate surface area is 110 Å². The number of aromatic hydroxyl groups is 1. The van der Waals surface area contributed by atoms with E-state index in [0.29, 0.717) is 15.6 Å². The zero-order chi connectivity index (χ0) is 12.3. The van der Waals surface area contributed by atoms with Crippen LogP contribution in [0.25, 0.3) is 0 Å². The Morgan fingerprint density at radius 1 is 1.12 bits per heavy atom. The number of anilines is 1. The van der Waals surface area contributed by atoms with Crippen LogP contribution < -0.4 is 5.32 Å². The molecule has 0 spiro atoms. The lowest BCUT2D eigenvalue weighted by Gasteiger charge is -2.09. The molecule has 2 aromatic rings. The predicted molar refractivity (Wildman–Crippen MR) is 74.9 cm³/mol. The van der Waals surface area contributed by atoms with E-state index in [1.54, 1.807) is 12.1 Å². The van der Waals surface area contributed by atoms with E-state index in [1.165, 1.54) is 6.07 Å². The van der Waals surface area contributed by atoms with E-state index in [4.69, 9.17) is 23.8 Å². The van der Waals surface area contributed by atoms with Gasteiger partial charge in [-0.15, -0.1) is 0 Å². The Kier molecular flexibility index (Phi) is 3.61. The molecule has 0 fully saturated rings. The van der Waals surface area contributed by atoms with Crippen molar-refractivity contribution in [1.82, 2.24) is 0 Å². The van der Waals surface area contributed by atoms with Gasteiger partial charge in [0.15, 0.2) is 0 Å². The highest BCUT2D eigenvalue weighted by molar-refractivity contribution is 7.81. The maximum Gasteiger partial charge on any atom is 0.125 e. The molecule has 0 saturated heterocycles. The number of phenolic OH excluding ortho intramolecular Hbond substituents is 1. The Morgan fingerprint density at radius 2 is 1.82 bits per heavy atom. The Bertz CT molecular complexity index is 542. The summed E-state index contributed by atoms with van der Waals surface area (Å²) in [6.07, 6.45) is 0. The summed E-state index contributed by atoms with van der Waals surface area (Å²) < 4.78 is 0. The van der Waals surface area contributed by atoms with Gasteiger partial charge in [0, 0.05) is 10.7 Å². The molecule has 0 aliphatic carbocycles. The molecule has 0 saturated carbocycles. The van der Waals surface area contributed by atoms with E-state index >= 15 is 0 Å². The van der Waals surface area contributed by atoms with Crippen LogP contribution in [0.1, 0.15) is 5.56 Å². The first-order valence-corrected chi connectivity index (χ1v) is 5.80. The molecule has 2 aromatic carbocycles. The Balaban J connectivity index is 2.23. The Morgan fingerprint density at radius 3 is 2.53 bits per heavy atom. The molecule has 2 nitrogen and oxygen atoms in total. The first-order valence-electron chi connectivity index (χ1n) is 5.02. The topological polar surface area (TPSA) is 32.3 Å². The molecule has 0 aromatic heterocycles. The number of para-hydroxylation sites is 1. The summed E-state index contributed by atoms with van der Waals surface area (Å²) in [6.45, 7) is 0. The van der Waals surface area contributed by atoms with E-state index in [-0.39, 0.29) is 5.75 Å². The first kappa shape index (κ1) is 11.9. The summed E-state index contributed by atoms with van der Waals surface area (Å²) in [4.78, 5) is 0.441. The lowest BCUT2D eigenvalue weighted by molar-refractivity contribution is 0.474. The van der Waals surface area contributed by atoms with Gasteiger partial charge in [-0.3, -0.25) is 0 Å². The van der Waals surface area contributed by atoms with E-state index in [9.17, 15) is 5.11 Å². The van der Waals surface area contributed by atoms with Crippen LogP contribution in [0, 0.1) is 0 Å². The minimum atomic E-state index is 0.114. The number of nitrogens with one attached hydrogen (secondary N) is 1. The van der Waals surface area contributed by atoms with Gasteiger partial charge in [-0.1, -0.05) is 42.0 Å². The number of hydrogen-bond donors (Lipinski definition) is 2. The highest BCUT2D eigenvalue weighted by atomic mass is 35.5. The quantitative estimate of drug-likeness (QED) is 0.808. The summed E-state index contributed by atoms with van der Waals surface area (Å²) in [6, 6.07) is 14.3. The number of benzene rings is 2. The lowest BCUT2D eigenvalue weighted by atomic mass is 10.2. The minimum Gasteiger partial charge on any atom is -0.507 e. The molecule has 17 heavy (non-hydrogen) atoms. The highest BCUT2D eigenvalue weighted by Gasteiger charge is 2.07. The van der Waals surface area contributed by atoms with Gasteiger partial charge in [0.2, 0.25) is 0 Å². The van der Waals surface area contributed by atoms with Crippen molar-refractivity contribution in [2.24, 2.45) is 0 Å². The molecular formula is C13H10ClNOS. The molecule has 0 aliphatic rings. The largest absolute Gasteiger partial charge is 0.507 e. The van der Waals surface area contributed by atoms with Crippen molar-refractivity contribution in [3.63, 3.8) is 0 Å². The van der Waals surface area contributed by atoms with Gasteiger partial charge in [-0.2, -0.15) is 0 Å². The molecule has 4 heteroatoms. The van der Waals surface area contributed by atoms with Crippen LogP contribution >= 0.6 is 23.8 Å². The third-order valence-corrected chi connectivity index (χ3v) is 2.79. The van der Waals surface area contributed by atoms with Crippen LogP contribution in [-0.2, 0) is 0 Å². The fourth-order valence-electron chi connectivity index (χ4n) is 1.41. The molecular weight excluding hydrogens is 254 g/mol. The van der Waals surface area contributed by atoms with Crippen molar-refractivity contribution >= 4 is 34.5 Å². The van der Waals surface area contributed by atoms with Crippen molar-refractivity contribution in [3.8, 4) is 5.75 Å². The van der Waals surface area contributed by atoms with Crippen molar-refractivity contribution in [2.75, 3.05) is 5.32 Å². The lowest BCUT2D eigenvalue weighted by Crippen LogP contribution is -2.10. The van der Waals surface area contributed by atoms with Gasteiger partial charge >= 0.3 is 0 Å². The van der Waals surface area contributed by atoms with Crippen LogP contribution in [0.4, 0.5) is 5.69 Å². The van der Waals surface area contributed by atoms with Gasteiger partial charge in [0.1, 0.15) is 10.7 Å². The molecule has 0 aliphatic heterocycles. The maximum atomic E-state index is 9.70. The zero-order valence-corrected chi connectivity index (χ0v) is 10.4. The minimum absolute atomic E-state index is 0.114. The van der Waals surface area contributed by atoms with Gasteiger partial charge in [-0.05, 0) is 30.3 Å². The normalized spacial score (nSPS) is 9.94. The monoisotopic (exact) mass is 263 g/mol. The molecule has 0 unspecified atom stereocenters. The van der Waals surface area contributed by atoms with Gasteiger partial charge in [-0.25, -0.2) is 0 Å². The van der Waals surface area contributed by atoms with Crippen LogP contribution in [0.15, 0.2) is 48.5 Å². The second-order valence-electron chi connectivity index (χ2n) is 3.48. The van der Waals surface area contributed by atoms with Gasteiger partial charge in [0.05, 0.1) is 5.56 Å². The average molecular weight is 264 g/mol. The van der Waals surface area contributed by atoms with Gasteiger partial charge < -0.3 is 10.4 Å². The van der Waals surface area contributed by atoms with Crippen molar-refractivity contribution in [3.05, 3.63) is 59.1 Å². The average Bonchev–Trinajstić information content (AvgIpc) is 2.33. The molecule has 86 valence electrons. The van der Waals surface area contributed by atoms with Crippen molar-refractivity contribution in [1.29, 1.82) is 0 Å². The fraction of sp³-hybridized carbons (Fsp3) is 0. The standard InChI is InChI=1S/C13H10ClNOS/c14-9-6-7-12(16)11(8-9)13(17)15-10-4-2-1-3-5-10/h1-8,16H,(H,15,17). The summed E-state index contributed by atoms with van der Waals surface area (Å²) in [5.74, 6) is 0.114. The second-order valence-corrected chi connectivity index (χ2v) is 4.33. The van der Waals surface area contributed by atoms with Crippen molar-refractivity contribution in [2.45, 2.75) is 0 Å². The Hall–Kier alpha value is -1.58. The first-order chi connectivity index (χ1) is 8.16. The number of thiocarbonyl (C=S) groups is 1. The molecule has 0 amide bonds. The molecule has 0 radical (unpaired) electrons. The summed E-state index contributed by atoms with van der Waals surface area (Å²) in [7, 11) is 0. The third kappa shape index (κ3) is 2.96. The molecule has 0 bridgehead atoms. The maximum absolute atomic E-state index is 9.70. The third-order valence-electron chi connectivity index (χ3n) is 2.23. The zero-order valence-electron chi connectivity index (χ0n) is 8.85. The van der Waals surface area contributed by atoms with Crippen LogP contribution in [0.5, 0.6) is 5.75 Å². The number of phenols is 1. The smallest absolute Gasteiger partial charge is 0.125 e.